The number of nitrogens with two attached hydrogens (primary N) is 1. The summed E-state index contributed by atoms with van der Waals surface area (Å²) in [6.07, 6.45) is 0.705. The van der Waals surface area contributed by atoms with E-state index < -0.39 is 11.7 Å². The molecule has 3 rings (SSSR count). The number of halogens is 3. The third kappa shape index (κ3) is 6.78. The Hall–Kier alpha value is -2.00. The molecule has 1 aromatic carbocycles. The number of rotatable bonds is 8. The van der Waals surface area contributed by atoms with Crippen LogP contribution < -0.4 is 10.6 Å². The molecule has 5 nitrogen and oxygen atoms in total. The van der Waals surface area contributed by atoms with Gasteiger partial charge in [0.15, 0.2) is 5.16 Å². The van der Waals surface area contributed by atoms with Gasteiger partial charge in [-0.25, -0.2) is 9.97 Å². The molecule has 0 atom stereocenters. The lowest BCUT2D eigenvalue weighted by atomic mass is 10.1. The third-order valence-electron chi connectivity index (χ3n) is 4.92. The van der Waals surface area contributed by atoms with Crippen molar-refractivity contribution >= 4 is 23.3 Å². The fourth-order valence-electron chi connectivity index (χ4n) is 3.31. The predicted molar refractivity (Wildman–Crippen MR) is 111 cm³/mol. The van der Waals surface area contributed by atoms with E-state index in [9.17, 15) is 13.2 Å². The highest BCUT2D eigenvalue weighted by molar-refractivity contribution is 7.99. The number of anilines is 2. The smallest absolute Gasteiger partial charge is 0.384 e. The molecule has 1 aliphatic heterocycles. The van der Waals surface area contributed by atoms with Crippen LogP contribution in [0, 0.1) is 0 Å². The van der Waals surface area contributed by atoms with Crippen molar-refractivity contribution in [3.63, 3.8) is 0 Å². The van der Waals surface area contributed by atoms with Crippen LogP contribution in [0.3, 0.4) is 0 Å². The van der Waals surface area contributed by atoms with Gasteiger partial charge in [-0.05, 0) is 43.7 Å². The van der Waals surface area contributed by atoms with Gasteiger partial charge in [-0.3, -0.25) is 4.90 Å². The highest BCUT2D eigenvalue weighted by Crippen LogP contribution is 2.31. The summed E-state index contributed by atoms with van der Waals surface area (Å²) in [5, 5.41) is 0.718. The van der Waals surface area contributed by atoms with Crippen molar-refractivity contribution in [1.29, 1.82) is 0 Å². The van der Waals surface area contributed by atoms with Gasteiger partial charge in [-0.2, -0.15) is 13.2 Å². The SMILES string of the molecule is Nc1ccnc(SCCCCCN2CCN(c3cccc(C(F)(F)F)c3)CC2)n1. The van der Waals surface area contributed by atoms with E-state index >= 15 is 0 Å². The summed E-state index contributed by atoms with van der Waals surface area (Å²) in [5.41, 5.74) is 5.71. The van der Waals surface area contributed by atoms with Crippen molar-refractivity contribution in [3.8, 4) is 0 Å². The number of nitrogens with zero attached hydrogens (tertiary/aromatic N) is 4. The molecule has 2 N–H and O–H groups in total. The van der Waals surface area contributed by atoms with E-state index in [-0.39, 0.29) is 0 Å². The average Bonchev–Trinajstić information content (AvgIpc) is 2.70. The molecule has 0 unspecified atom stereocenters. The van der Waals surface area contributed by atoms with Crippen LogP contribution in [0.4, 0.5) is 24.7 Å². The average molecular weight is 426 g/mol. The zero-order valence-electron chi connectivity index (χ0n) is 16.2. The van der Waals surface area contributed by atoms with Crippen molar-refractivity contribution in [3.05, 3.63) is 42.1 Å². The van der Waals surface area contributed by atoms with E-state index in [0.717, 1.165) is 69.0 Å². The fourth-order valence-corrected chi connectivity index (χ4v) is 4.15. The number of benzene rings is 1. The summed E-state index contributed by atoms with van der Waals surface area (Å²) < 4.78 is 38.7. The molecule has 0 radical (unpaired) electrons. The standard InChI is InChI=1S/C20H26F3N5S/c21-20(22,23)16-5-4-6-17(15-16)28-12-10-27(11-13-28)9-2-1-3-14-29-19-25-8-7-18(24)26-19/h4-8,15H,1-3,9-14H2,(H2,24,25,26). The summed E-state index contributed by atoms with van der Waals surface area (Å²) in [7, 11) is 0. The highest BCUT2D eigenvalue weighted by atomic mass is 32.2. The molecular formula is C20H26F3N5S. The minimum atomic E-state index is -4.30. The van der Waals surface area contributed by atoms with Gasteiger partial charge in [0.25, 0.3) is 0 Å². The second-order valence-corrected chi connectivity index (χ2v) is 8.11. The maximum absolute atomic E-state index is 12.9. The van der Waals surface area contributed by atoms with Crippen LogP contribution in [0.1, 0.15) is 24.8 Å². The molecule has 0 saturated carbocycles. The molecule has 1 fully saturated rings. The minimum Gasteiger partial charge on any atom is -0.384 e. The number of nitrogen functional groups attached to an aromatic ring is 1. The lowest BCUT2D eigenvalue weighted by Gasteiger charge is -2.36. The van der Waals surface area contributed by atoms with Gasteiger partial charge in [0, 0.05) is 43.8 Å². The molecule has 0 bridgehead atoms. The van der Waals surface area contributed by atoms with Crippen molar-refractivity contribution in [2.75, 3.05) is 49.1 Å². The first-order valence-electron chi connectivity index (χ1n) is 9.78. The Labute approximate surface area is 173 Å². The first-order chi connectivity index (χ1) is 13.9. The number of aromatic nitrogens is 2. The largest absolute Gasteiger partial charge is 0.416 e. The van der Waals surface area contributed by atoms with Crippen LogP contribution in [0.2, 0.25) is 0 Å². The van der Waals surface area contributed by atoms with Gasteiger partial charge in [-0.15, -0.1) is 0 Å². The molecule has 29 heavy (non-hydrogen) atoms. The summed E-state index contributed by atoms with van der Waals surface area (Å²) in [5.74, 6) is 1.46. The Morgan fingerprint density at radius 3 is 2.55 bits per heavy atom. The molecule has 2 aromatic rings. The molecule has 1 saturated heterocycles. The second-order valence-electron chi connectivity index (χ2n) is 7.05. The van der Waals surface area contributed by atoms with Gasteiger partial charge in [0.05, 0.1) is 5.56 Å². The molecule has 0 spiro atoms. The van der Waals surface area contributed by atoms with E-state index in [2.05, 4.69) is 14.9 Å². The normalized spacial score (nSPS) is 15.6. The maximum atomic E-state index is 12.9. The third-order valence-corrected chi connectivity index (χ3v) is 5.86. The van der Waals surface area contributed by atoms with E-state index in [0.29, 0.717) is 11.5 Å². The van der Waals surface area contributed by atoms with Crippen LogP contribution in [0.25, 0.3) is 0 Å². The molecule has 0 aliphatic carbocycles. The number of hydrogen-bond donors (Lipinski definition) is 1. The summed E-state index contributed by atoms with van der Waals surface area (Å²) in [6, 6.07) is 7.29. The van der Waals surface area contributed by atoms with E-state index in [4.69, 9.17) is 5.73 Å². The summed E-state index contributed by atoms with van der Waals surface area (Å²) in [4.78, 5) is 12.8. The van der Waals surface area contributed by atoms with Crippen molar-refractivity contribution in [2.45, 2.75) is 30.6 Å². The molecule has 1 aliphatic rings. The number of thioether (sulfide) groups is 1. The van der Waals surface area contributed by atoms with E-state index in [1.807, 2.05) is 4.90 Å². The molecule has 2 heterocycles. The lowest BCUT2D eigenvalue weighted by molar-refractivity contribution is -0.137. The Kier molecular flexibility index (Phi) is 7.60. The van der Waals surface area contributed by atoms with Crippen LogP contribution in [0.15, 0.2) is 41.7 Å². The first-order valence-corrected chi connectivity index (χ1v) is 10.8. The van der Waals surface area contributed by atoms with E-state index in [1.54, 1.807) is 30.1 Å². The fraction of sp³-hybridized carbons (Fsp3) is 0.500. The maximum Gasteiger partial charge on any atom is 0.416 e. The number of hydrogen-bond acceptors (Lipinski definition) is 6. The molecule has 9 heteroatoms. The molecular weight excluding hydrogens is 399 g/mol. The van der Waals surface area contributed by atoms with Gasteiger partial charge < -0.3 is 10.6 Å². The highest BCUT2D eigenvalue weighted by Gasteiger charge is 2.31. The van der Waals surface area contributed by atoms with Gasteiger partial charge in [-0.1, -0.05) is 24.2 Å². The summed E-state index contributed by atoms with van der Waals surface area (Å²) >= 11 is 1.62. The quantitative estimate of drug-likeness (QED) is 0.389. The Balaban J connectivity index is 1.32. The van der Waals surface area contributed by atoms with Crippen LogP contribution in [-0.2, 0) is 6.18 Å². The van der Waals surface area contributed by atoms with Crippen LogP contribution in [0.5, 0.6) is 0 Å². The van der Waals surface area contributed by atoms with Crippen molar-refractivity contribution in [1.82, 2.24) is 14.9 Å². The molecule has 158 valence electrons. The van der Waals surface area contributed by atoms with Gasteiger partial charge in [0.1, 0.15) is 5.82 Å². The van der Waals surface area contributed by atoms with Crippen LogP contribution in [-0.4, -0.2) is 53.3 Å². The van der Waals surface area contributed by atoms with E-state index in [1.165, 1.54) is 12.1 Å². The monoisotopic (exact) mass is 425 g/mol. The zero-order valence-corrected chi connectivity index (χ0v) is 17.1. The predicted octanol–water partition coefficient (Wildman–Crippen LogP) is 4.16. The minimum absolute atomic E-state index is 0.492. The topological polar surface area (TPSA) is 58.3 Å². The lowest BCUT2D eigenvalue weighted by Crippen LogP contribution is -2.46. The summed E-state index contributed by atoms with van der Waals surface area (Å²) in [6.45, 7) is 4.29. The van der Waals surface area contributed by atoms with Gasteiger partial charge in [0.2, 0.25) is 0 Å². The van der Waals surface area contributed by atoms with Gasteiger partial charge >= 0.3 is 6.18 Å². The number of piperazine rings is 1. The van der Waals surface area contributed by atoms with Crippen LogP contribution >= 0.6 is 11.8 Å². The zero-order chi connectivity index (χ0) is 20.7. The second kappa shape index (κ2) is 10.2. The number of unbranched alkanes of at least 4 members (excludes halogenated alkanes) is 2. The molecule has 1 aromatic heterocycles. The Bertz CT molecular complexity index is 779. The Morgan fingerprint density at radius 1 is 1.03 bits per heavy atom. The van der Waals surface area contributed by atoms with Crippen molar-refractivity contribution < 1.29 is 13.2 Å². The Morgan fingerprint density at radius 2 is 1.83 bits per heavy atom. The first kappa shape index (κ1) is 21.7. The number of alkyl halides is 3. The molecule has 0 amide bonds. The van der Waals surface area contributed by atoms with Crippen molar-refractivity contribution in [2.24, 2.45) is 0 Å².